The van der Waals surface area contributed by atoms with Gasteiger partial charge in [0.05, 0.1) is 79.4 Å². The molecule has 0 spiro atoms. The zero-order valence-corrected chi connectivity index (χ0v) is 60.7. The number of hydrogen-bond donors (Lipinski definition) is 0. The van der Waals surface area contributed by atoms with E-state index in [1.54, 1.807) is 6.92 Å². The monoisotopic (exact) mass is 1830 g/mol. The average Bonchev–Trinajstić information content (AvgIpc) is 0.646. The molecule has 18 rings (SSSR count). The molecule has 1 unspecified atom stereocenters. The maximum Gasteiger partial charge on any atom is 0.493 e. The van der Waals surface area contributed by atoms with Gasteiger partial charge in [-0.15, -0.1) is 21.9 Å². The van der Waals surface area contributed by atoms with Crippen LogP contribution >= 0.6 is 8.58 Å². The lowest BCUT2D eigenvalue weighted by atomic mass is 9.11. The van der Waals surface area contributed by atoms with Crippen molar-refractivity contribution in [2.75, 3.05) is 6.16 Å². The van der Waals surface area contributed by atoms with Crippen molar-refractivity contribution in [3.05, 3.63) is 270 Å². The number of alkyl halides is 5. The van der Waals surface area contributed by atoms with Gasteiger partial charge in [-0.1, -0.05) is 74.0 Å². The molecule has 0 saturated carbocycles. The average molecular weight is 1830 g/mol. The zero-order chi connectivity index (χ0) is 91.5. The third kappa shape index (κ3) is 10.9. The van der Waals surface area contributed by atoms with Crippen LogP contribution in [0.4, 0.5) is 180 Å². The first-order valence-corrected chi connectivity index (χ1v) is 36.0. The number of hydrogen-bond acceptors (Lipinski definition) is 0. The Morgan fingerprint density at radius 2 is 0.336 bits per heavy atom. The van der Waals surface area contributed by atoms with E-state index >= 15 is 158 Å². The standard InChI is InChI=1S/C64BF36.C12H10.C6H10F5P/c66-29-9-1-5-17(33(29)70)49(86)61(98)53(90)21(5)41(78)37(74)13(1)45(82)57(94)25(9)65(26-10-2-6-18(34(71)30(10)67)50(87)62(99)54(91)22(6)42(79)38(75)14(2)46(83)58(26)95,27-11-3-7-19(35(72)31(11)68)51(88)63(100)55(92)23(7)43(80)39(76)15(3)47(84)59(27)96)28-12-4-8-20(36(73)32(12)69)52(89)64(101)56(93)24(8)44(81)40(77)16(4)48(85)60(28)97;1-3-7-11(8-4-1)12-9-5-2-6-10-12;1-2-3-4-12-6(10,11)5(7,8)9/h;1-10H;12H,2-4H2,1H3/q-1;;/p+1. The summed E-state index contributed by atoms with van der Waals surface area (Å²) in [6, 6.07) is 20.8. The molecule has 18 aromatic carbocycles. The summed E-state index contributed by atoms with van der Waals surface area (Å²) in [5.74, 6) is -129. The van der Waals surface area contributed by atoms with E-state index in [9.17, 15) is 22.0 Å². The molecular formula is C82H21BF41P. The molecule has 0 aromatic heterocycles. The van der Waals surface area contributed by atoms with Crippen LogP contribution in [0.15, 0.2) is 60.7 Å². The Bertz CT molecular complexity index is 6920. The Balaban J connectivity index is 0.000000416. The fourth-order valence-corrected chi connectivity index (χ4v) is 18.2. The fraction of sp³-hybridized carbons (Fsp3) is 0.0732. The van der Waals surface area contributed by atoms with Crippen LogP contribution in [0.1, 0.15) is 19.8 Å². The van der Waals surface area contributed by atoms with Crippen molar-refractivity contribution in [1.29, 1.82) is 0 Å². The SMILES string of the molecule is CCCC[PH2+]C(F)(F)C(F)(F)F.Fc1c(F)c2c(F)c(F)c3c(F)c(F)c([B-](c4c(F)c(F)c5c(F)c(F)c6c(F)c(F)c(F)c7c(F)c(F)c4c5c67)(c4c(F)c(F)c5c(F)c(F)c6c(F)c(F)c(F)c7c(F)c(F)c4c5c67)c4c(F)c(F)c5c(F)c(F)c6c(F)c(F)c(F)c7c(F)c(F)c4c5c67)c4c(F)c(F)c(c1F)c2c34.c1ccc(-c2ccccc2)cc1. The van der Waals surface area contributed by atoms with Crippen molar-refractivity contribution >= 4 is 166 Å². The summed E-state index contributed by atoms with van der Waals surface area (Å²) in [7, 11) is -1.84. The van der Waals surface area contributed by atoms with Gasteiger partial charge in [-0.25, -0.2) is 158 Å². The lowest BCUT2D eigenvalue weighted by Crippen LogP contribution is -2.79. The van der Waals surface area contributed by atoms with E-state index in [0.717, 1.165) is 0 Å². The van der Waals surface area contributed by atoms with Gasteiger partial charge in [0.2, 0.25) is 0 Å². The maximum absolute atomic E-state index is 19.3. The fourth-order valence-electron chi connectivity index (χ4n) is 17.0. The van der Waals surface area contributed by atoms with E-state index in [4.69, 9.17) is 0 Å². The van der Waals surface area contributed by atoms with Gasteiger partial charge in [-0.2, -0.15) is 22.0 Å². The molecule has 0 fully saturated rings. The zero-order valence-electron chi connectivity index (χ0n) is 59.5. The molecule has 0 aliphatic rings. The van der Waals surface area contributed by atoms with Crippen molar-refractivity contribution < 1.29 is 180 Å². The summed E-state index contributed by atoms with van der Waals surface area (Å²) in [6.07, 6.45) is -12.8. The molecule has 0 radical (unpaired) electrons. The van der Waals surface area contributed by atoms with E-state index in [0.29, 0.717) is 12.8 Å². The van der Waals surface area contributed by atoms with E-state index in [1.807, 2.05) is 12.1 Å². The van der Waals surface area contributed by atoms with Gasteiger partial charge in [-0.3, -0.25) is 0 Å². The highest BCUT2D eigenvalue weighted by Gasteiger charge is 2.62. The van der Waals surface area contributed by atoms with Crippen LogP contribution in [-0.4, -0.2) is 24.1 Å². The van der Waals surface area contributed by atoms with Crippen LogP contribution in [0, 0.1) is 209 Å². The second-order valence-corrected chi connectivity index (χ2v) is 29.7. The van der Waals surface area contributed by atoms with Crippen molar-refractivity contribution in [2.24, 2.45) is 0 Å². The Kier molecular flexibility index (Phi) is 19.9. The second-order valence-electron chi connectivity index (χ2n) is 28.0. The van der Waals surface area contributed by atoms with Crippen LogP contribution in [0.2, 0.25) is 0 Å². The number of benzene rings is 18. The van der Waals surface area contributed by atoms with Gasteiger partial charge in [0.25, 0.3) is 0 Å². The first-order chi connectivity index (χ1) is 58.5. The van der Waals surface area contributed by atoms with Gasteiger partial charge in [0.15, 0.2) is 186 Å². The van der Waals surface area contributed by atoms with E-state index < -0.39 is 387 Å². The molecule has 0 N–H and O–H groups in total. The van der Waals surface area contributed by atoms with Crippen molar-refractivity contribution in [3.8, 4) is 11.1 Å². The largest absolute Gasteiger partial charge is 0.493 e. The van der Waals surface area contributed by atoms with Gasteiger partial charge in [0.1, 0.15) is 29.4 Å². The molecule has 0 amide bonds. The van der Waals surface area contributed by atoms with Gasteiger partial charge >= 0.3 is 11.8 Å². The summed E-state index contributed by atoms with van der Waals surface area (Å²) in [6.45, 7) is 1.76. The minimum Gasteiger partial charge on any atom is -0.207 e. The first-order valence-electron chi connectivity index (χ1n) is 34.6. The second kappa shape index (κ2) is 28.9. The summed E-state index contributed by atoms with van der Waals surface area (Å²) in [4.78, 5) is 0. The molecule has 18 aromatic rings. The Hall–Kier alpha value is -12.3. The van der Waals surface area contributed by atoms with Gasteiger partial charge < -0.3 is 0 Å². The molecule has 125 heavy (non-hydrogen) atoms. The molecule has 0 bridgehead atoms. The molecular weight excluding hydrogens is 1810 g/mol. The molecule has 43 heteroatoms. The Labute approximate surface area is 662 Å². The Morgan fingerprint density at radius 3 is 0.496 bits per heavy atom. The number of unbranched alkanes of at least 4 members (excludes halogenated alkanes) is 1. The highest BCUT2D eigenvalue weighted by molar-refractivity contribution is 7.39. The predicted molar refractivity (Wildman–Crippen MR) is 376 cm³/mol. The van der Waals surface area contributed by atoms with Crippen molar-refractivity contribution in [2.45, 2.75) is 31.6 Å². The molecule has 0 heterocycles. The molecule has 644 valence electrons. The quantitative estimate of drug-likeness (QED) is 0.0337. The van der Waals surface area contributed by atoms with Crippen molar-refractivity contribution in [3.63, 3.8) is 0 Å². The van der Waals surface area contributed by atoms with Crippen LogP contribution < -0.4 is 21.9 Å². The lowest BCUT2D eigenvalue weighted by molar-refractivity contribution is -0.239. The Morgan fingerprint density at radius 1 is 0.192 bits per heavy atom. The summed E-state index contributed by atoms with van der Waals surface area (Å²) in [5.41, 5.74) is -17.8. The maximum atomic E-state index is 19.3. The van der Waals surface area contributed by atoms with Crippen LogP contribution in [0.3, 0.4) is 0 Å². The van der Waals surface area contributed by atoms with Crippen LogP contribution in [0.5, 0.6) is 0 Å². The topological polar surface area (TPSA) is 0 Å². The molecule has 0 aliphatic carbocycles. The summed E-state index contributed by atoms with van der Waals surface area (Å²) >= 11 is 0. The minimum absolute atomic E-state index is 0.00299. The molecule has 0 aliphatic heterocycles. The van der Waals surface area contributed by atoms with E-state index in [1.165, 1.54) is 11.1 Å². The molecule has 0 nitrogen and oxygen atoms in total. The highest BCUT2D eigenvalue weighted by Crippen LogP contribution is 2.55. The van der Waals surface area contributed by atoms with Crippen LogP contribution in [-0.2, 0) is 0 Å². The smallest absolute Gasteiger partial charge is 0.207 e. The number of halogens is 41. The van der Waals surface area contributed by atoms with Crippen LogP contribution in [0.25, 0.3) is 140 Å². The molecule has 0 saturated heterocycles. The molecule has 1 atom stereocenters. The predicted octanol–water partition coefficient (Wildman–Crippen LogP) is 26.4. The third-order valence-electron chi connectivity index (χ3n) is 22.0. The number of rotatable bonds is 9. The van der Waals surface area contributed by atoms with E-state index in [2.05, 4.69) is 48.5 Å². The third-order valence-corrected chi connectivity index (χ3v) is 23.5. The lowest BCUT2D eigenvalue weighted by Gasteiger charge is -2.48. The van der Waals surface area contributed by atoms with E-state index in [-0.39, 0.29) is 6.16 Å². The summed E-state index contributed by atoms with van der Waals surface area (Å²) < 4.78 is 680. The first kappa shape index (κ1) is 86.3. The summed E-state index contributed by atoms with van der Waals surface area (Å²) in [5, 5.41) is -71.3. The van der Waals surface area contributed by atoms with Gasteiger partial charge in [-0.05, 0) is 39.1 Å². The highest BCUT2D eigenvalue weighted by atomic mass is 31.1. The van der Waals surface area contributed by atoms with Crippen molar-refractivity contribution in [1.82, 2.24) is 0 Å². The minimum atomic E-state index is -8.50. The van der Waals surface area contributed by atoms with Gasteiger partial charge in [0, 0.05) is 43.1 Å². The normalized spacial score (nSPS) is 12.8.